The molecular formula is C27H55O2. The summed E-state index contributed by atoms with van der Waals surface area (Å²) < 4.78 is 11.7. The second-order valence-corrected chi connectivity index (χ2v) is 8.82. The van der Waals surface area contributed by atoms with Gasteiger partial charge in [-0.15, -0.1) is 0 Å². The average Bonchev–Trinajstić information content (AvgIpc) is 2.74. The summed E-state index contributed by atoms with van der Waals surface area (Å²) in [5, 5.41) is 0. The molecule has 0 amide bonds. The largest absolute Gasteiger partial charge is 0.353 e. The topological polar surface area (TPSA) is 18.5 Å². The first-order valence-electron chi connectivity index (χ1n) is 13.4. The van der Waals surface area contributed by atoms with Crippen molar-refractivity contribution >= 4 is 0 Å². The van der Waals surface area contributed by atoms with Crippen molar-refractivity contribution in [3.8, 4) is 0 Å². The highest BCUT2D eigenvalue weighted by molar-refractivity contribution is 4.52. The molecule has 0 aliphatic rings. The predicted molar refractivity (Wildman–Crippen MR) is 129 cm³/mol. The van der Waals surface area contributed by atoms with Crippen molar-refractivity contribution in [3.63, 3.8) is 0 Å². The second kappa shape index (κ2) is 26.0. The lowest BCUT2D eigenvalue weighted by atomic mass is 10.1. The van der Waals surface area contributed by atoms with Gasteiger partial charge < -0.3 is 9.47 Å². The molecule has 29 heavy (non-hydrogen) atoms. The van der Waals surface area contributed by atoms with Crippen molar-refractivity contribution in [2.45, 2.75) is 155 Å². The number of hydrogen-bond donors (Lipinski definition) is 0. The Kier molecular flexibility index (Phi) is 25.9. The minimum atomic E-state index is -0.0906. The molecule has 2 heteroatoms. The van der Waals surface area contributed by atoms with Gasteiger partial charge in [0.25, 0.3) is 0 Å². The smallest absolute Gasteiger partial charge is 0.157 e. The van der Waals surface area contributed by atoms with E-state index in [9.17, 15) is 0 Å². The first-order valence-corrected chi connectivity index (χ1v) is 13.4. The van der Waals surface area contributed by atoms with Gasteiger partial charge >= 0.3 is 0 Å². The number of unbranched alkanes of at least 4 members (excludes halogenated alkanes) is 18. The van der Waals surface area contributed by atoms with Crippen molar-refractivity contribution in [2.24, 2.45) is 0 Å². The van der Waals surface area contributed by atoms with Gasteiger partial charge in [-0.2, -0.15) is 0 Å². The zero-order valence-electron chi connectivity index (χ0n) is 20.4. The Hall–Kier alpha value is -0.0800. The quantitative estimate of drug-likeness (QED) is 0.110. The molecule has 2 nitrogen and oxygen atoms in total. The molecular weight excluding hydrogens is 356 g/mol. The first kappa shape index (κ1) is 28.9. The molecule has 175 valence electrons. The normalized spacial score (nSPS) is 11.6. The van der Waals surface area contributed by atoms with E-state index in [1.807, 2.05) is 0 Å². The highest BCUT2D eigenvalue weighted by atomic mass is 16.7. The summed E-state index contributed by atoms with van der Waals surface area (Å²) in [6.07, 6.45) is 27.9. The van der Waals surface area contributed by atoms with E-state index in [4.69, 9.17) is 9.47 Å². The van der Waals surface area contributed by atoms with Crippen LogP contribution in [-0.2, 0) is 9.47 Å². The Morgan fingerprint density at radius 2 is 0.724 bits per heavy atom. The highest BCUT2D eigenvalue weighted by Gasteiger charge is 2.06. The molecule has 0 bridgehead atoms. The molecule has 0 aromatic carbocycles. The Morgan fingerprint density at radius 1 is 0.448 bits per heavy atom. The standard InChI is InChI=1S/C27H55O2/c1-4-7-9-11-13-15-17-19-21-23-25-28-27(6-3)29-26-24-22-20-18-16-14-12-10-8-5-2/h27H,3-26H2,1-2H3. The fourth-order valence-electron chi connectivity index (χ4n) is 3.82. The molecule has 0 atom stereocenters. The fourth-order valence-corrected chi connectivity index (χ4v) is 3.82. The SMILES string of the molecule is [CH2]CC(OCCCCCCCCCCCC)OCCCCCCCCCCCC. The highest BCUT2D eigenvalue weighted by Crippen LogP contribution is 2.13. The molecule has 0 saturated carbocycles. The Labute approximate surface area is 184 Å². The van der Waals surface area contributed by atoms with Crippen LogP contribution in [0.4, 0.5) is 0 Å². The Bertz CT molecular complexity index is 254. The second-order valence-electron chi connectivity index (χ2n) is 8.82. The molecule has 0 rings (SSSR count). The first-order chi connectivity index (χ1) is 14.3. The molecule has 0 N–H and O–H groups in total. The fraction of sp³-hybridized carbons (Fsp3) is 0.963. The van der Waals surface area contributed by atoms with E-state index in [2.05, 4.69) is 20.8 Å². The van der Waals surface area contributed by atoms with Gasteiger partial charge in [-0.1, -0.05) is 129 Å². The summed E-state index contributed by atoms with van der Waals surface area (Å²) in [4.78, 5) is 0. The lowest BCUT2D eigenvalue weighted by molar-refractivity contribution is -0.141. The minimum absolute atomic E-state index is 0.0906. The maximum atomic E-state index is 5.87. The van der Waals surface area contributed by atoms with E-state index in [1.165, 1.54) is 116 Å². The lowest BCUT2D eigenvalue weighted by Gasteiger charge is -2.17. The number of ether oxygens (including phenoxy) is 2. The van der Waals surface area contributed by atoms with Gasteiger partial charge in [0.05, 0.1) is 0 Å². The van der Waals surface area contributed by atoms with Crippen LogP contribution in [0, 0.1) is 6.92 Å². The van der Waals surface area contributed by atoms with E-state index in [-0.39, 0.29) is 6.29 Å². The van der Waals surface area contributed by atoms with Crippen LogP contribution in [0.15, 0.2) is 0 Å². The molecule has 0 aliphatic carbocycles. The van der Waals surface area contributed by atoms with Gasteiger partial charge in [-0.25, -0.2) is 0 Å². The monoisotopic (exact) mass is 411 g/mol. The lowest BCUT2D eigenvalue weighted by Crippen LogP contribution is -2.17. The molecule has 0 fully saturated rings. The van der Waals surface area contributed by atoms with Crippen molar-refractivity contribution < 1.29 is 9.47 Å². The zero-order valence-corrected chi connectivity index (χ0v) is 20.4. The van der Waals surface area contributed by atoms with E-state index in [0.717, 1.165) is 32.5 Å². The van der Waals surface area contributed by atoms with Crippen molar-refractivity contribution in [1.82, 2.24) is 0 Å². The molecule has 1 radical (unpaired) electrons. The van der Waals surface area contributed by atoms with Crippen LogP contribution in [0.25, 0.3) is 0 Å². The number of rotatable bonds is 25. The van der Waals surface area contributed by atoms with Gasteiger partial charge in [0.15, 0.2) is 6.29 Å². The molecule has 0 spiro atoms. The van der Waals surface area contributed by atoms with Crippen LogP contribution in [-0.4, -0.2) is 19.5 Å². The molecule has 0 unspecified atom stereocenters. The van der Waals surface area contributed by atoms with Gasteiger partial charge in [0, 0.05) is 13.2 Å². The molecule has 0 aliphatic heterocycles. The third kappa shape index (κ3) is 24.1. The zero-order chi connectivity index (χ0) is 21.3. The average molecular weight is 412 g/mol. The van der Waals surface area contributed by atoms with E-state index < -0.39 is 0 Å². The summed E-state index contributed by atoms with van der Waals surface area (Å²) in [6, 6.07) is 0. The van der Waals surface area contributed by atoms with Crippen molar-refractivity contribution in [3.05, 3.63) is 6.92 Å². The molecule has 0 saturated heterocycles. The third-order valence-electron chi connectivity index (χ3n) is 5.84. The van der Waals surface area contributed by atoms with Gasteiger partial charge in [-0.3, -0.25) is 0 Å². The van der Waals surface area contributed by atoms with Crippen LogP contribution in [0.5, 0.6) is 0 Å². The predicted octanol–water partition coefficient (Wildman–Crippen LogP) is 9.41. The van der Waals surface area contributed by atoms with Crippen molar-refractivity contribution in [2.75, 3.05) is 13.2 Å². The van der Waals surface area contributed by atoms with Gasteiger partial charge in [0.2, 0.25) is 0 Å². The summed E-state index contributed by atoms with van der Waals surface area (Å²) >= 11 is 0. The van der Waals surface area contributed by atoms with Crippen LogP contribution < -0.4 is 0 Å². The van der Waals surface area contributed by atoms with E-state index >= 15 is 0 Å². The summed E-state index contributed by atoms with van der Waals surface area (Å²) in [6.45, 7) is 10.2. The number of hydrogen-bond acceptors (Lipinski definition) is 2. The van der Waals surface area contributed by atoms with Crippen LogP contribution in [0.1, 0.15) is 149 Å². The Balaban J connectivity index is 3.27. The third-order valence-corrected chi connectivity index (χ3v) is 5.84. The van der Waals surface area contributed by atoms with Crippen LogP contribution in [0.3, 0.4) is 0 Å². The van der Waals surface area contributed by atoms with Crippen LogP contribution in [0.2, 0.25) is 0 Å². The maximum Gasteiger partial charge on any atom is 0.157 e. The summed E-state index contributed by atoms with van der Waals surface area (Å²) in [5.74, 6) is 0. The maximum absolute atomic E-state index is 5.87. The summed E-state index contributed by atoms with van der Waals surface area (Å²) in [5.41, 5.74) is 0. The molecule has 0 aromatic rings. The minimum Gasteiger partial charge on any atom is -0.353 e. The van der Waals surface area contributed by atoms with Gasteiger partial charge in [-0.05, 0) is 26.2 Å². The summed E-state index contributed by atoms with van der Waals surface area (Å²) in [7, 11) is 0. The van der Waals surface area contributed by atoms with E-state index in [0.29, 0.717) is 0 Å². The van der Waals surface area contributed by atoms with Gasteiger partial charge in [0.1, 0.15) is 0 Å². The molecule has 0 heterocycles. The molecule has 0 aromatic heterocycles. The Morgan fingerprint density at radius 3 is 1.00 bits per heavy atom. The van der Waals surface area contributed by atoms with E-state index in [1.54, 1.807) is 0 Å². The van der Waals surface area contributed by atoms with Crippen molar-refractivity contribution in [1.29, 1.82) is 0 Å². The van der Waals surface area contributed by atoms with Crippen LogP contribution >= 0.6 is 0 Å².